The van der Waals surface area contributed by atoms with Crippen LogP contribution in [0, 0.1) is 12.7 Å². The number of imidazole rings is 1. The highest BCUT2D eigenvalue weighted by Crippen LogP contribution is 2.25. The summed E-state index contributed by atoms with van der Waals surface area (Å²) in [5, 5.41) is 4.31. The Hall–Kier alpha value is -1.88. The third kappa shape index (κ3) is 1.73. The van der Waals surface area contributed by atoms with Gasteiger partial charge in [-0.2, -0.15) is 5.10 Å². The predicted octanol–water partition coefficient (Wildman–Crippen LogP) is 2.95. The van der Waals surface area contributed by atoms with Crippen molar-refractivity contribution in [2.75, 3.05) is 0 Å². The quantitative estimate of drug-likeness (QED) is 0.676. The summed E-state index contributed by atoms with van der Waals surface area (Å²) in [6, 6.07) is 6.56. The molecule has 0 unspecified atom stereocenters. The van der Waals surface area contributed by atoms with Crippen LogP contribution in [0.3, 0.4) is 0 Å². The lowest BCUT2D eigenvalue weighted by Gasteiger charge is -2.09. The minimum absolute atomic E-state index is 0.211. The Balaban J connectivity index is 2.42. The van der Waals surface area contributed by atoms with Gasteiger partial charge in [0.1, 0.15) is 17.2 Å². The first-order valence-corrected chi connectivity index (χ1v) is 6.38. The summed E-state index contributed by atoms with van der Waals surface area (Å²) in [6.07, 6.45) is 0. The van der Waals surface area contributed by atoms with Gasteiger partial charge >= 0.3 is 0 Å². The van der Waals surface area contributed by atoms with E-state index in [4.69, 9.17) is 11.6 Å². The molecule has 0 saturated heterocycles. The fourth-order valence-electron chi connectivity index (χ4n) is 2.29. The van der Waals surface area contributed by atoms with Crippen molar-refractivity contribution in [1.82, 2.24) is 19.3 Å². The molecule has 0 saturated carbocycles. The van der Waals surface area contributed by atoms with E-state index in [1.54, 1.807) is 27.4 Å². The van der Waals surface area contributed by atoms with Crippen LogP contribution in [-0.2, 0) is 12.9 Å². The lowest BCUT2D eigenvalue weighted by molar-refractivity contribution is 0.615. The Morgan fingerprint density at radius 2 is 2.05 bits per heavy atom. The fourth-order valence-corrected chi connectivity index (χ4v) is 2.47. The third-order valence-electron chi connectivity index (χ3n) is 3.08. The largest absolute Gasteiger partial charge is 0.277 e. The molecular formula is C13H12ClFN4. The molecule has 6 heteroatoms. The number of rotatable bonds is 2. The van der Waals surface area contributed by atoms with Gasteiger partial charge in [0.05, 0.1) is 17.3 Å². The molecule has 1 aromatic carbocycles. The Bertz CT molecular complexity index is 759. The molecule has 98 valence electrons. The zero-order valence-electron chi connectivity index (χ0n) is 10.6. The Morgan fingerprint density at radius 3 is 2.74 bits per heavy atom. The molecule has 0 bridgehead atoms. The first-order valence-electron chi connectivity index (χ1n) is 5.85. The van der Waals surface area contributed by atoms with E-state index in [9.17, 15) is 4.39 Å². The number of aryl methyl sites for hydroxylation is 2. The van der Waals surface area contributed by atoms with Crippen molar-refractivity contribution >= 4 is 22.8 Å². The number of aromatic nitrogens is 4. The maximum Gasteiger partial charge on any atom is 0.163 e. The van der Waals surface area contributed by atoms with Crippen LogP contribution in [0.25, 0.3) is 16.9 Å². The van der Waals surface area contributed by atoms with Crippen molar-refractivity contribution < 1.29 is 4.39 Å². The van der Waals surface area contributed by atoms with Crippen LogP contribution in [0.1, 0.15) is 11.5 Å². The van der Waals surface area contributed by atoms with Gasteiger partial charge in [0.25, 0.3) is 0 Å². The van der Waals surface area contributed by atoms with Gasteiger partial charge in [-0.1, -0.05) is 12.1 Å². The molecule has 3 aromatic rings. The number of hydrogen-bond donors (Lipinski definition) is 0. The lowest BCUT2D eigenvalue weighted by atomic mass is 10.3. The molecule has 0 aliphatic heterocycles. The normalized spacial score (nSPS) is 11.4. The van der Waals surface area contributed by atoms with Gasteiger partial charge in [-0.05, 0) is 19.1 Å². The molecule has 0 aliphatic carbocycles. The monoisotopic (exact) mass is 278 g/mol. The lowest BCUT2D eigenvalue weighted by Crippen LogP contribution is -2.06. The topological polar surface area (TPSA) is 35.6 Å². The molecule has 2 aromatic heterocycles. The fraction of sp³-hybridized carbons (Fsp3) is 0.231. The zero-order valence-corrected chi connectivity index (χ0v) is 11.3. The number of alkyl halides is 1. The van der Waals surface area contributed by atoms with Crippen LogP contribution in [0.4, 0.5) is 4.39 Å². The molecule has 19 heavy (non-hydrogen) atoms. The van der Waals surface area contributed by atoms with Gasteiger partial charge < -0.3 is 0 Å². The van der Waals surface area contributed by atoms with Crippen molar-refractivity contribution in [3.8, 4) is 5.69 Å². The molecule has 3 rings (SSSR count). The summed E-state index contributed by atoms with van der Waals surface area (Å²) >= 11 is 5.93. The van der Waals surface area contributed by atoms with E-state index in [2.05, 4.69) is 10.1 Å². The summed E-state index contributed by atoms with van der Waals surface area (Å²) in [7, 11) is 1.81. The molecule has 0 spiro atoms. The summed E-state index contributed by atoms with van der Waals surface area (Å²) in [4.78, 5) is 4.45. The minimum atomic E-state index is -0.313. The molecule has 0 fully saturated rings. The molecule has 0 radical (unpaired) electrons. The smallest absolute Gasteiger partial charge is 0.163 e. The third-order valence-corrected chi connectivity index (χ3v) is 3.32. The Labute approximate surface area is 114 Å². The molecule has 0 atom stereocenters. The predicted molar refractivity (Wildman–Crippen MR) is 72.1 cm³/mol. The van der Waals surface area contributed by atoms with E-state index in [1.165, 1.54) is 6.07 Å². The highest BCUT2D eigenvalue weighted by molar-refractivity contribution is 6.17. The van der Waals surface area contributed by atoms with E-state index in [0.717, 1.165) is 16.9 Å². The van der Waals surface area contributed by atoms with Gasteiger partial charge in [0.15, 0.2) is 5.65 Å². The second kappa shape index (κ2) is 4.35. The molecule has 0 amide bonds. The van der Waals surface area contributed by atoms with Crippen molar-refractivity contribution in [3.05, 3.63) is 41.6 Å². The molecule has 2 heterocycles. The van der Waals surface area contributed by atoms with Gasteiger partial charge in [-0.3, -0.25) is 4.57 Å². The molecule has 4 nitrogen and oxygen atoms in total. The van der Waals surface area contributed by atoms with Crippen LogP contribution < -0.4 is 0 Å². The van der Waals surface area contributed by atoms with E-state index in [0.29, 0.717) is 11.5 Å². The van der Waals surface area contributed by atoms with Gasteiger partial charge in [0.2, 0.25) is 0 Å². The second-order valence-electron chi connectivity index (χ2n) is 4.33. The molecule has 0 N–H and O–H groups in total. The summed E-state index contributed by atoms with van der Waals surface area (Å²) in [6.45, 7) is 1.87. The van der Waals surface area contributed by atoms with Crippen molar-refractivity contribution in [2.24, 2.45) is 7.05 Å². The molecular weight excluding hydrogens is 267 g/mol. The van der Waals surface area contributed by atoms with Gasteiger partial charge in [-0.25, -0.2) is 14.1 Å². The zero-order chi connectivity index (χ0) is 13.6. The summed E-state index contributed by atoms with van der Waals surface area (Å²) < 4.78 is 17.4. The first kappa shape index (κ1) is 12.2. The SMILES string of the molecule is Cc1nn(C)c2c1nc(CCl)n2-c1ccccc1F. The maximum atomic E-state index is 14.0. The van der Waals surface area contributed by atoms with Crippen molar-refractivity contribution in [3.63, 3.8) is 0 Å². The summed E-state index contributed by atoms with van der Waals surface area (Å²) in [5.74, 6) is 0.507. The maximum absolute atomic E-state index is 14.0. The average molecular weight is 279 g/mol. The Kier molecular flexibility index (Phi) is 2.78. The number of halogens is 2. The number of hydrogen-bond acceptors (Lipinski definition) is 2. The van der Waals surface area contributed by atoms with Crippen LogP contribution >= 0.6 is 11.6 Å². The summed E-state index contributed by atoms with van der Waals surface area (Å²) in [5.41, 5.74) is 2.74. The van der Waals surface area contributed by atoms with Crippen LogP contribution in [-0.4, -0.2) is 19.3 Å². The number of benzene rings is 1. The first-order chi connectivity index (χ1) is 9.13. The van der Waals surface area contributed by atoms with E-state index >= 15 is 0 Å². The van der Waals surface area contributed by atoms with Gasteiger partial charge in [0, 0.05) is 7.05 Å². The van der Waals surface area contributed by atoms with Crippen molar-refractivity contribution in [2.45, 2.75) is 12.8 Å². The Morgan fingerprint density at radius 1 is 1.32 bits per heavy atom. The van der Waals surface area contributed by atoms with Crippen LogP contribution in [0.5, 0.6) is 0 Å². The highest BCUT2D eigenvalue weighted by atomic mass is 35.5. The van der Waals surface area contributed by atoms with E-state index in [1.807, 2.05) is 14.0 Å². The second-order valence-corrected chi connectivity index (χ2v) is 4.60. The number of fused-ring (bicyclic) bond motifs is 1. The number of para-hydroxylation sites is 1. The van der Waals surface area contributed by atoms with Crippen LogP contribution in [0.2, 0.25) is 0 Å². The van der Waals surface area contributed by atoms with Crippen molar-refractivity contribution in [1.29, 1.82) is 0 Å². The highest BCUT2D eigenvalue weighted by Gasteiger charge is 2.19. The number of nitrogens with zero attached hydrogens (tertiary/aromatic N) is 4. The molecule has 0 aliphatic rings. The van der Waals surface area contributed by atoms with E-state index < -0.39 is 0 Å². The average Bonchev–Trinajstić information content (AvgIpc) is 2.89. The van der Waals surface area contributed by atoms with Gasteiger partial charge in [-0.15, -0.1) is 11.6 Å². The standard InChI is InChI=1S/C13H12ClFN4/c1-8-12-13(18(2)17-8)19(11(7-14)16-12)10-6-4-3-5-9(10)15/h3-6H,7H2,1-2H3. The minimum Gasteiger partial charge on any atom is -0.277 e. The van der Waals surface area contributed by atoms with Crippen LogP contribution in [0.15, 0.2) is 24.3 Å². The van der Waals surface area contributed by atoms with E-state index in [-0.39, 0.29) is 11.7 Å².